The van der Waals surface area contributed by atoms with Crippen LogP contribution in [0.5, 0.6) is 0 Å². The number of aryl methyl sites for hydroxylation is 1. The number of hydrogen-bond acceptors (Lipinski definition) is 2. The van der Waals surface area contributed by atoms with Crippen LogP contribution < -0.4 is 0 Å². The summed E-state index contributed by atoms with van der Waals surface area (Å²) in [6, 6.07) is 1.75. The van der Waals surface area contributed by atoms with Crippen LogP contribution in [-0.4, -0.2) is 16.0 Å². The molecule has 0 saturated heterocycles. The molecule has 2 nitrogen and oxygen atoms in total. The summed E-state index contributed by atoms with van der Waals surface area (Å²) < 4.78 is 39.8. The second-order valence-electron chi connectivity index (χ2n) is 5.02. The van der Waals surface area contributed by atoms with Crippen LogP contribution in [-0.2, 0) is 12.6 Å². The third-order valence-corrected chi connectivity index (χ3v) is 5.31. The number of benzene rings is 1. The van der Waals surface area contributed by atoms with Crippen molar-refractivity contribution in [2.45, 2.75) is 24.3 Å². The van der Waals surface area contributed by atoms with Gasteiger partial charge in [-0.25, -0.2) is 4.68 Å². The monoisotopic (exact) mass is 366 g/mol. The maximum atomic E-state index is 12.8. The van der Waals surface area contributed by atoms with Crippen LogP contribution >= 0.6 is 35.0 Å². The number of thioether (sulfide) groups is 1. The van der Waals surface area contributed by atoms with Crippen LogP contribution in [0.25, 0.3) is 5.69 Å². The fourth-order valence-corrected chi connectivity index (χ4v) is 4.08. The largest absolute Gasteiger partial charge is 0.416 e. The lowest BCUT2D eigenvalue weighted by Gasteiger charge is -2.12. The lowest BCUT2D eigenvalue weighted by Crippen LogP contribution is -2.07. The molecule has 0 amide bonds. The van der Waals surface area contributed by atoms with Crippen LogP contribution in [0, 0.1) is 0 Å². The Hall–Kier alpha value is -0.850. The number of rotatable bonds is 2. The van der Waals surface area contributed by atoms with Gasteiger partial charge in [-0.1, -0.05) is 23.2 Å². The highest BCUT2D eigenvalue weighted by Crippen LogP contribution is 2.42. The summed E-state index contributed by atoms with van der Waals surface area (Å²) >= 11 is 13.8. The van der Waals surface area contributed by atoms with Crippen molar-refractivity contribution < 1.29 is 13.2 Å². The highest BCUT2D eigenvalue weighted by atomic mass is 35.5. The van der Waals surface area contributed by atoms with Gasteiger partial charge in [-0.05, 0) is 31.2 Å². The Kier molecular flexibility index (Phi) is 4.12. The molecule has 1 aliphatic rings. The summed E-state index contributed by atoms with van der Waals surface area (Å²) in [5.41, 5.74) is 1.46. The van der Waals surface area contributed by atoms with Crippen molar-refractivity contribution in [2.24, 2.45) is 0 Å². The summed E-state index contributed by atoms with van der Waals surface area (Å²) in [5, 5.41) is 4.65. The Morgan fingerprint density at radius 3 is 2.45 bits per heavy atom. The van der Waals surface area contributed by atoms with E-state index in [1.807, 2.05) is 12.5 Å². The normalized spacial score (nSPS) is 17.8. The molecule has 0 bridgehead atoms. The van der Waals surface area contributed by atoms with E-state index < -0.39 is 11.7 Å². The number of alkyl halides is 3. The first kappa shape index (κ1) is 16.0. The Labute approximate surface area is 139 Å². The van der Waals surface area contributed by atoms with Crippen molar-refractivity contribution in [3.8, 4) is 5.69 Å². The molecule has 0 radical (unpaired) electrons. The summed E-state index contributed by atoms with van der Waals surface area (Å²) in [4.78, 5) is 0. The first-order valence-corrected chi connectivity index (χ1v) is 8.53. The van der Waals surface area contributed by atoms with E-state index in [1.165, 1.54) is 4.68 Å². The predicted octanol–water partition coefficient (Wildman–Crippen LogP) is 5.55. The SMILES string of the molecule is CSC1CCc2nn(-c3c(Cl)cc(C(F)(F)F)cc3Cl)cc21. The lowest BCUT2D eigenvalue weighted by molar-refractivity contribution is -0.137. The molecule has 0 fully saturated rings. The number of hydrogen-bond donors (Lipinski definition) is 0. The minimum Gasteiger partial charge on any atom is -0.237 e. The quantitative estimate of drug-likeness (QED) is 0.693. The summed E-state index contributed by atoms with van der Waals surface area (Å²) in [5.74, 6) is 0. The molecule has 0 N–H and O–H groups in total. The van der Waals surface area contributed by atoms with E-state index in [9.17, 15) is 13.2 Å². The molecule has 1 atom stereocenters. The molecule has 1 aromatic carbocycles. The smallest absolute Gasteiger partial charge is 0.237 e. The van der Waals surface area contributed by atoms with Crippen molar-refractivity contribution in [1.82, 2.24) is 9.78 Å². The van der Waals surface area contributed by atoms with Gasteiger partial charge in [0.05, 0.1) is 21.3 Å². The van der Waals surface area contributed by atoms with Gasteiger partial charge in [-0.3, -0.25) is 0 Å². The topological polar surface area (TPSA) is 17.8 Å². The molecule has 8 heteroatoms. The number of aromatic nitrogens is 2. The van der Waals surface area contributed by atoms with Gasteiger partial charge >= 0.3 is 6.18 Å². The van der Waals surface area contributed by atoms with Crippen LogP contribution in [0.15, 0.2) is 18.3 Å². The highest BCUT2D eigenvalue weighted by Gasteiger charge is 2.33. The Morgan fingerprint density at radius 2 is 1.91 bits per heavy atom. The molecule has 1 aliphatic carbocycles. The van der Waals surface area contributed by atoms with Gasteiger partial charge in [0.15, 0.2) is 0 Å². The summed E-state index contributed by atoms with van der Waals surface area (Å²) in [7, 11) is 0. The van der Waals surface area contributed by atoms with Gasteiger partial charge in [0, 0.05) is 17.0 Å². The Balaban J connectivity index is 2.07. The van der Waals surface area contributed by atoms with Crippen molar-refractivity contribution in [3.05, 3.63) is 45.2 Å². The molecule has 0 saturated carbocycles. The molecule has 1 aromatic heterocycles. The van der Waals surface area contributed by atoms with Gasteiger partial charge < -0.3 is 0 Å². The van der Waals surface area contributed by atoms with Crippen LogP contribution in [0.4, 0.5) is 13.2 Å². The van der Waals surface area contributed by atoms with E-state index in [0.29, 0.717) is 5.25 Å². The minimum absolute atomic E-state index is 0.0679. The first-order chi connectivity index (χ1) is 10.3. The maximum Gasteiger partial charge on any atom is 0.416 e. The van der Waals surface area contributed by atoms with E-state index in [2.05, 4.69) is 5.10 Å². The Morgan fingerprint density at radius 1 is 1.27 bits per heavy atom. The predicted molar refractivity (Wildman–Crippen MR) is 83.2 cm³/mol. The van der Waals surface area contributed by atoms with E-state index in [1.54, 1.807) is 11.8 Å². The molecule has 1 heterocycles. The van der Waals surface area contributed by atoms with Crippen molar-refractivity contribution >= 4 is 35.0 Å². The fourth-order valence-electron chi connectivity index (χ4n) is 2.62. The number of halogens is 5. The first-order valence-electron chi connectivity index (χ1n) is 6.49. The van der Waals surface area contributed by atoms with Gasteiger partial charge in [-0.2, -0.15) is 30.0 Å². The zero-order valence-corrected chi connectivity index (χ0v) is 13.7. The van der Waals surface area contributed by atoms with Crippen LogP contribution in [0.2, 0.25) is 10.0 Å². The molecular weight excluding hydrogens is 356 g/mol. The van der Waals surface area contributed by atoms with Gasteiger partial charge in [0.25, 0.3) is 0 Å². The lowest BCUT2D eigenvalue weighted by atomic mass is 10.2. The van der Waals surface area contributed by atoms with E-state index in [-0.39, 0.29) is 15.7 Å². The molecule has 0 aliphatic heterocycles. The van der Waals surface area contributed by atoms with Crippen molar-refractivity contribution in [3.63, 3.8) is 0 Å². The van der Waals surface area contributed by atoms with Gasteiger partial charge in [-0.15, -0.1) is 0 Å². The molecule has 0 spiro atoms. The van der Waals surface area contributed by atoms with Crippen LogP contribution in [0.1, 0.15) is 28.5 Å². The van der Waals surface area contributed by atoms with Gasteiger partial charge in [0.1, 0.15) is 5.69 Å². The molecule has 1 unspecified atom stereocenters. The molecule has 2 aromatic rings. The average molecular weight is 367 g/mol. The fraction of sp³-hybridized carbons (Fsp3) is 0.357. The van der Waals surface area contributed by atoms with Crippen LogP contribution in [0.3, 0.4) is 0 Å². The van der Waals surface area contributed by atoms with Crippen molar-refractivity contribution in [2.75, 3.05) is 6.26 Å². The van der Waals surface area contributed by atoms with E-state index in [4.69, 9.17) is 23.2 Å². The van der Waals surface area contributed by atoms with E-state index >= 15 is 0 Å². The Bertz CT molecular complexity index is 704. The third kappa shape index (κ3) is 2.72. The molecule has 22 heavy (non-hydrogen) atoms. The molecular formula is C14H11Cl2F3N2S. The average Bonchev–Trinajstić information content (AvgIpc) is 2.96. The van der Waals surface area contributed by atoms with E-state index in [0.717, 1.165) is 36.2 Å². The maximum absolute atomic E-state index is 12.8. The zero-order valence-electron chi connectivity index (χ0n) is 11.4. The van der Waals surface area contributed by atoms with Gasteiger partial charge in [0.2, 0.25) is 0 Å². The zero-order chi connectivity index (χ0) is 16.1. The summed E-state index contributed by atoms with van der Waals surface area (Å²) in [6.45, 7) is 0. The summed E-state index contributed by atoms with van der Waals surface area (Å²) in [6.07, 6.45) is 1.22. The number of nitrogens with zero attached hydrogens (tertiary/aromatic N) is 2. The molecule has 3 rings (SSSR count). The number of fused-ring (bicyclic) bond motifs is 1. The highest BCUT2D eigenvalue weighted by molar-refractivity contribution is 7.98. The van der Waals surface area contributed by atoms with Crippen molar-refractivity contribution in [1.29, 1.82) is 0 Å². The standard InChI is InChI=1S/C14H11Cl2F3N2S/c1-22-12-3-2-11-8(12)6-21(20-11)13-9(15)4-7(5-10(13)16)14(17,18)19/h4-6,12H,2-3H2,1H3. The molecule has 118 valence electrons. The minimum atomic E-state index is -4.48. The third-order valence-electron chi connectivity index (χ3n) is 3.67. The second-order valence-corrected chi connectivity index (χ2v) is 6.88. The second kappa shape index (κ2) is 5.65.